The van der Waals surface area contributed by atoms with Gasteiger partial charge in [-0.1, -0.05) is 60.1 Å². The number of halogens is 1. The molecule has 0 aliphatic carbocycles. The second-order valence-corrected chi connectivity index (χ2v) is 5.11. The van der Waals surface area contributed by atoms with Crippen molar-refractivity contribution in [1.82, 2.24) is 0 Å². The summed E-state index contributed by atoms with van der Waals surface area (Å²) in [6.45, 7) is 3.19. The molecule has 1 nitrogen and oxygen atoms in total. The molecule has 0 unspecified atom stereocenters. The number of quaternary nitrogens is 1. The average Bonchev–Trinajstić information content (AvgIpc) is 2.39. The van der Waals surface area contributed by atoms with E-state index in [1.54, 1.807) is 0 Å². The molecule has 0 amide bonds. The molecular formula is C16H19ClN+. The number of hydrogen-bond donors (Lipinski definition) is 1. The van der Waals surface area contributed by atoms with Crippen LogP contribution >= 0.6 is 11.6 Å². The number of nitrogens with two attached hydrogens (primary N) is 1. The van der Waals surface area contributed by atoms with Gasteiger partial charge < -0.3 is 5.32 Å². The standard InChI is InChI=1S/C16H18ClN/c1-13(11-14-7-3-2-4-8-14)18-12-15-9-5-6-10-16(15)17/h2-10,13,18H,11-12H2,1H3/p+1/t13-/m1/s1. The number of hydrogen-bond acceptors (Lipinski definition) is 0. The van der Waals surface area contributed by atoms with Gasteiger partial charge >= 0.3 is 0 Å². The van der Waals surface area contributed by atoms with Crippen LogP contribution < -0.4 is 5.32 Å². The molecule has 0 aliphatic rings. The van der Waals surface area contributed by atoms with E-state index in [9.17, 15) is 0 Å². The highest BCUT2D eigenvalue weighted by Crippen LogP contribution is 2.13. The van der Waals surface area contributed by atoms with Gasteiger partial charge in [0.2, 0.25) is 0 Å². The summed E-state index contributed by atoms with van der Waals surface area (Å²) in [7, 11) is 0. The van der Waals surface area contributed by atoms with Crippen LogP contribution in [0.3, 0.4) is 0 Å². The second-order valence-electron chi connectivity index (χ2n) is 4.70. The van der Waals surface area contributed by atoms with Gasteiger partial charge in [-0.15, -0.1) is 0 Å². The Bertz CT molecular complexity index is 481. The molecule has 0 heterocycles. The fourth-order valence-corrected chi connectivity index (χ4v) is 2.27. The van der Waals surface area contributed by atoms with Crippen LogP contribution in [0.5, 0.6) is 0 Å². The summed E-state index contributed by atoms with van der Waals surface area (Å²) in [5.74, 6) is 0. The molecule has 94 valence electrons. The Morgan fingerprint density at radius 1 is 1.00 bits per heavy atom. The molecule has 18 heavy (non-hydrogen) atoms. The van der Waals surface area contributed by atoms with Gasteiger partial charge in [0.05, 0.1) is 6.04 Å². The van der Waals surface area contributed by atoms with Crippen LogP contribution in [-0.4, -0.2) is 6.04 Å². The lowest BCUT2D eigenvalue weighted by molar-refractivity contribution is -0.701. The molecule has 0 spiro atoms. The predicted octanol–water partition coefficient (Wildman–Crippen LogP) is 3.03. The maximum absolute atomic E-state index is 6.15. The SMILES string of the molecule is C[C@H](Cc1ccccc1)[NH2+]Cc1ccccc1Cl. The summed E-state index contributed by atoms with van der Waals surface area (Å²) in [5.41, 5.74) is 2.60. The van der Waals surface area contributed by atoms with Crippen molar-refractivity contribution < 1.29 is 5.32 Å². The molecule has 2 aromatic carbocycles. The topological polar surface area (TPSA) is 16.6 Å². The van der Waals surface area contributed by atoms with Crippen LogP contribution in [0.2, 0.25) is 5.02 Å². The maximum atomic E-state index is 6.15. The molecule has 0 saturated carbocycles. The van der Waals surface area contributed by atoms with Crippen LogP contribution in [0.1, 0.15) is 18.1 Å². The van der Waals surface area contributed by atoms with E-state index in [1.165, 1.54) is 11.1 Å². The van der Waals surface area contributed by atoms with Crippen molar-refractivity contribution in [3.05, 3.63) is 70.7 Å². The van der Waals surface area contributed by atoms with E-state index in [1.807, 2.05) is 18.2 Å². The van der Waals surface area contributed by atoms with Crippen molar-refractivity contribution in [2.75, 3.05) is 0 Å². The van der Waals surface area contributed by atoms with E-state index in [0.717, 1.165) is 18.0 Å². The van der Waals surface area contributed by atoms with Crippen LogP contribution in [0, 0.1) is 0 Å². The Labute approximate surface area is 114 Å². The zero-order chi connectivity index (χ0) is 12.8. The van der Waals surface area contributed by atoms with E-state index in [2.05, 4.69) is 48.6 Å². The molecule has 0 aliphatic heterocycles. The number of rotatable bonds is 5. The van der Waals surface area contributed by atoms with Crippen molar-refractivity contribution in [3.63, 3.8) is 0 Å². The van der Waals surface area contributed by atoms with Crippen LogP contribution in [0.25, 0.3) is 0 Å². The minimum atomic E-state index is 0.559. The van der Waals surface area contributed by atoms with Crippen LogP contribution in [0.4, 0.5) is 0 Å². The van der Waals surface area contributed by atoms with Gasteiger partial charge in [-0.05, 0) is 18.6 Å². The largest absolute Gasteiger partial charge is 0.340 e. The van der Waals surface area contributed by atoms with Gasteiger partial charge in [-0.2, -0.15) is 0 Å². The molecule has 1 atom stereocenters. The minimum Gasteiger partial charge on any atom is -0.340 e. The first-order valence-electron chi connectivity index (χ1n) is 6.36. The predicted molar refractivity (Wildman–Crippen MR) is 76.7 cm³/mol. The van der Waals surface area contributed by atoms with Gasteiger partial charge in [0.1, 0.15) is 6.54 Å². The molecule has 0 saturated heterocycles. The van der Waals surface area contributed by atoms with E-state index in [0.29, 0.717) is 6.04 Å². The molecule has 0 bridgehead atoms. The Morgan fingerprint density at radius 2 is 1.67 bits per heavy atom. The first-order valence-corrected chi connectivity index (χ1v) is 6.74. The van der Waals surface area contributed by atoms with Gasteiger partial charge in [0.15, 0.2) is 0 Å². The summed E-state index contributed by atoms with van der Waals surface area (Å²) >= 11 is 6.15. The monoisotopic (exact) mass is 260 g/mol. The molecule has 0 radical (unpaired) electrons. The third-order valence-electron chi connectivity index (χ3n) is 3.10. The maximum Gasteiger partial charge on any atom is 0.103 e. The van der Waals surface area contributed by atoms with Crippen LogP contribution in [0.15, 0.2) is 54.6 Å². The highest BCUT2D eigenvalue weighted by atomic mass is 35.5. The van der Waals surface area contributed by atoms with Gasteiger partial charge in [0.25, 0.3) is 0 Å². The van der Waals surface area contributed by atoms with E-state index in [-0.39, 0.29) is 0 Å². The summed E-state index contributed by atoms with van der Waals surface area (Å²) in [5, 5.41) is 3.20. The third-order valence-corrected chi connectivity index (χ3v) is 3.47. The summed E-state index contributed by atoms with van der Waals surface area (Å²) in [6.07, 6.45) is 1.09. The Balaban J connectivity index is 1.86. The van der Waals surface area contributed by atoms with E-state index in [4.69, 9.17) is 11.6 Å². The summed E-state index contributed by atoms with van der Waals surface area (Å²) < 4.78 is 0. The smallest absolute Gasteiger partial charge is 0.103 e. The third kappa shape index (κ3) is 3.86. The van der Waals surface area contributed by atoms with E-state index < -0.39 is 0 Å². The molecular weight excluding hydrogens is 242 g/mol. The van der Waals surface area contributed by atoms with Crippen molar-refractivity contribution in [2.24, 2.45) is 0 Å². The lowest BCUT2D eigenvalue weighted by atomic mass is 10.1. The lowest BCUT2D eigenvalue weighted by Gasteiger charge is -2.11. The molecule has 2 N–H and O–H groups in total. The highest BCUT2D eigenvalue weighted by molar-refractivity contribution is 6.31. The zero-order valence-electron chi connectivity index (χ0n) is 10.6. The zero-order valence-corrected chi connectivity index (χ0v) is 11.4. The molecule has 2 heteroatoms. The minimum absolute atomic E-state index is 0.559. The second kappa shape index (κ2) is 6.58. The first-order chi connectivity index (χ1) is 8.75. The molecule has 2 rings (SSSR count). The molecule has 0 aromatic heterocycles. The van der Waals surface area contributed by atoms with Gasteiger partial charge in [-0.25, -0.2) is 0 Å². The normalized spacial score (nSPS) is 12.3. The summed E-state index contributed by atoms with van der Waals surface area (Å²) in [4.78, 5) is 0. The Hall–Kier alpha value is -1.31. The number of benzene rings is 2. The fraction of sp³-hybridized carbons (Fsp3) is 0.250. The quantitative estimate of drug-likeness (QED) is 0.851. The molecule has 0 fully saturated rings. The summed E-state index contributed by atoms with van der Waals surface area (Å²) in [6, 6.07) is 19.2. The van der Waals surface area contributed by atoms with Crippen molar-refractivity contribution >= 4 is 11.6 Å². The Kier molecular flexibility index (Phi) is 4.80. The average molecular weight is 261 g/mol. The van der Waals surface area contributed by atoms with Crippen LogP contribution in [-0.2, 0) is 13.0 Å². The fourth-order valence-electron chi connectivity index (χ4n) is 2.06. The Morgan fingerprint density at radius 3 is 2.39 bits per heavy atom. The van der Waals surface area contributed by atoms with E-state index >= 15 is 0 Å². The van der Waals surface area contributed by atoms with Crippen molar-refractivity contribution in [3.8, 4) is 0 Å². The molecule has 2 aromatic rings. The first kappa shape index (κ1) is 13.1. The van der Waals surface area contributed by atoms with Gasteiger partial charge in [-0.3, -0.25) is 0 Å². The lowest BCUT2D eigenvalue weighted by Crippen LogP contribution is -2.88. The van der Waals surface area contributed by atoms with Crippen molar-refractivity contribution in [1.29, 1.82) is 0 Å². The highest BCUT2D eigenvalue weighted by Gasteiger charge is 2.07. The van der Waals surface area contributed by atoms with Gasteiger partial charge in [0, 0.05) is 17.0 Å². The van der Waals surface area contributed by atoms with Crippen molar-refractivity contribution in [2.45, 2.75) is 25.9 Å².